The molecule has 0 saturated carbocycles. The number of rotatable bonds is 3. The van der Waals surface area contributed by atoms with Gasteiger partial charge in [0.05, 0.1) is 5.52 Å². The van der Waals surface area contributed by atoms with E-state index in [2.05, 4.69) is 15.5 Å². The highest BCUT2D eigenvalue weighted by molar-refractivity contribution is 6.04. The number of carbonyl (C=O) groups excluding carboxylic acids is 1. The molecule has 5 nitrogen and oxygen atoms in total. The fourth-order valence-electron chi connectivity index (χ4n) is 2.41. The lowest BCUT2D eigenvalue weighted by Gasteiger charge is -2.21. The van der Waals surface area contributed by atoms with Gasteiger partial charge in [-0.05, 0) is 24.8 Å². The Bertz CT molecular complexity index is 573. The van der Waals surface area contributed by atoms with Gasteiger partial charge in [0.1, 0.15) is 0 Å². The standard InChI is InChI=1S/C14H17N3O2/c18-14(15-9-10-5-7-19-8-6-10)13-11-3-1-2-4-12(11)16-17-13/h1-4,10H,5-9H2,(H,15,18)(H,16,17). The van der Waals surface area contributed by atoms with Crippen molar-refractivity contribution in [2.45, 2.75) is 12.8 Å². The minimum Gasteiger partial charge on any atom is -0.381 e. The molecule has 0 atom stereocenters. The van der Waals surface area contributed by atoms with Crippen molar-refractivity contribution in [3.8, 4) is 0 Å². The van der Waals surface area contributed by atoms with Gasteiger partial charge in [-0.3, -0.25) is 9.89 Å². The second-order valence-electron chi connectivity index (χ2n) is 4.88. The lowest BCUT2D eigenvalue weighted by molar-refractivity contribution is 0.0642. The molecule has 2 heterocycles. The highest BCUT2D eigenvalue weighted by Gasteiger charge is 2.17. The second kappa shape index (κ2) is 5.40. The normalized spacial score (nSPS) is 16.6. The number of fused-ring (bicyclic) bond motifs is 1. The van der Waals surface area contributed by atoms with Crippen molar-refractivity contribution < 1.29 is 9.53 Å². The Labute approximate surface area is 111 Å². The minimum absolute atomic E-state index is 0.107. The molecule has 1 amide bonds. The molecular weight excluding hydrogens is 242 g/mol. The van der Waals surface area contributed by atoms with Crippen LogP contribution in [0.15, 0.2) is 24.3 Å². The molecule has 1 aliphatic rings. The summed E-state index contributed by atoms with van der Waals surface area (Å²) in [6, 6.07) is 7.65. The average Bonchev–Trinajstić information content (AvgIpc) is 2.90. The molecule has 2 N–H and O–H groups in total. The molecule has 5 heteroatoms. The highest BCUT2D eigenvalue weighted by Crippen LogP contribution is 2.16. The zero-order valence-electron chi connectivity index (χ0n) is 10.7. The Balaban J connectivity index is 1.66. The van der Waals surface area contributed by atoms with E-state index in [9.17, 15) is 4.79 Å². The van der Waals surface area contributed by atoms with E-state index in [4.69, 9.17) is 4.74 Å². The molecule has 0 unspecified atom stereocenters. The molecule has 0 bridgehead atoms. The second-order valence-corrected chi connectivity index (χ2v) is 4.88. The van der Waals surface area contributed by atoms with Crippen molar-refractivity contribution in [1.29, 1.82) is 0 Å². The van der Waals surface area contributed by atoms with Crippen LogP contribution in [0.25, 0.3) is 10.9 Å². The molecule has 2 aromatic rings. The van der Waals surface area contributed by atoms with Gasteiger partial charge in [-0.15, -0.1) is 0 Å². The molecule has 1 aromatic heterocycles. The first-order chi connectivity index (χ1) is 9.34. The Hall–Kier alpha value is -1.88. The van der Waals surface area contributed by atoms with Gasteiger partial charge in [0, 0.05) is 25.1 Å². The monoisotopic (exact) mass is 259 g/mol. The van der Waals surface area contributed by atoms with Gasteiger partial charge in [-0.1, -0.05) is 18.2 Å². The number of nitrogens with one attached hydrogen (secondary N) is 2. The Kier molecular flexibility index (Phi) is 3.46. The number of benzene rings is 1. The Morgan fingerprint density at radius 1 is 1.37 bits per heavy atom. The molecule has 19 heavy (non-hydrogen) atoms. The maximum absolute atomic E-state index is 12.1. The van der Waals surface area contributed by atoms with Crippen molar-refractivity contribution in [2.24, 2.45) is 5.92 Å². The molecule has 0 spiro atoms. The number of hydrogen-bond donors (Lipinski definition) is 2. The number of ether oxygens (including phenoxy) is 1. The van der Waals surface area contributed by atoms with Crippen LogP contribution in [0.4, 0.5) is 0 Å². The summed E-state index contributed by atoms with van der Waals surface area (Å²) in [6.45, 7) is 2.29. The van der Waals surface area contributed by atoms with Crippen LogP contribution in [0.1, 0.15) is 23.3 Å². The van der Waals surface area contributed by atoms with Crippen LogP contribution in [-0.2, 0) is 4.74 Å². The van der Waals surface area contributed by atoms with Gasteiger partial charge in [-0.2, -0.15) is 5.10 Å². The average molecular weight is 259 g/mol. The zero-order chi connectivity index (χ0) is 13.1. The lowest BCUT2D eigenvalue weighted by Crippen LogP contribution is -2.32. The van der Waals surface area contributed by atoms with Gasteiger partial charge in [0.25, 0.3) is 5.91 Å². The smallest absolute Gasteiger partial charge is 0.272 e. The molecule has 1 aliphatic heterocycles. The van der Waals surface area contributed by atoms with Gasteiger partial charge in [0.2, 0.25) is 0 Å². The lowest BCUT2D eigenvalue weighted by atomic mass is 10.0. The summed E-state index contributed by atoms with van der Waals surface area (Å²) in [5, 5.41) is 10.8. The minimum atomic E-state index is -0.107. The summed E-state index contributed by atoms with van der Waals surface area (Å²) in [5.41, 5.74) is 1.36. The third-order valence-corrected chi connectivity index (χ3v) is 3.58. The number of nitrogens with zero attached hydrogens (tertiary/aromatic N) is 1. The Morgan fingerprint density at radius 3 is 3.00 bits per heavy atom. The van der Waals surface area contributed by atoms with E-state index in [1.807, 2.05) is 24.3 Å². The van der Waals surface area contributed by atoms with Gasteiger partial charge < -0.3 is 10.1 Å². The summed E-state index contributed by atoms with van der Waals surface area (Å²) in [4.78, 5) is 12.1. The topological polar surface area (TPSA) is 67.0 Å². The quantitative estimate of drug-likeness (QED) is 0.882. The van der Waals surface area contributed by atoms with Crippen molar-refractivity contribution >= 4 is 16.8 Å². The van der Waals surface area contributed by atoms with Crippen LogP contribution >= 0.6 is 0 Å². The first kappa shape index (κ1) is 12.2. The molecule has 100 valence electrons. The van der Waals surface area contributed by atoms with Gasteiger partial charge in [-0.25, -0.2) is 0 Å². The summed E-state index contributed by atoms with van der Waals surface area (Å²) in [7, 11) is 0. The van der Waals surface area contributed by atoms with Crippen LogP contribution in [0.3, 0.4) is 0 Å². The van der Waals surface area contributed by atoms with Crippen LogP contribution < -0.4 is 5.32 Å². The molecule has 3 rings (SSSR count). The van der Waals surface area contributed by atoms with Crippen LogP contribution in [0.5, 0.6) is 0 Å². The van der Waals surface area contributed by atoms with E-state index in [1.165, 1.54) is 0 Å². The van der Waals surface area contributed by atoms with E-state index in [-0.39, 0.29) is 5.91 Å². The predicted octanol–water partition coefficient (Wildman–Crippen LogP) is 1.72. The molecule has 0 radical (unpaired) electrons. The summed E-state index contributed by atoms with van der Waals surface area (Å²) < 4.78 is 5.31. The third-order valence-electron chi connectivity index (χ3n) is 3.58. The number of para-hydroxylation sites is 1. The fourth-order valence-corrected chi connectivity index (χ4v) is 2.41. The fraction of sp³-hybridized carbons (Fsp3) is 0.429. The number of aromatic amines is 1. The summed E-state index contributed by atoms with van der Waals surface area (Å²) in [6.07, 6.45) is 2.03. The number of aromatic nitrogens is 2. The number of carbonyl (C=O) groups is 1. The molecule has 1 fully saturated rings. The zero-order valence-corrected chi connectivity index (χ0v) is 10.7. The van der Waals surface area contributed by atoms with Crippen molar-refractivity contribution in [3.63, 3.8) is 0 Å². The first-order valence-corrected chi connectivity index (χ1v) is 6.63. The van der Waals surface area contributed by atoms with E-state index in [1.54, 1.807) is 0 Å². The van der Waals surface area contributed by atoms with Crippen molar-refractivity contribution in [3.05, 3.63) is 30.0 Å². The molecule has 0 aliphatic carbocycles. The Morgan fingerprint density at radius 2 is 2.16 bits per heavy atom. The number of hydrogen-bond acceptors (Lipinski definition) is 3. The molecule has 1 saturated heterocycles. The number of amides is 1. The van der Waals surface area contributed by atoms with Crippen molar-refractivity contribution in [2.75, 3.05) is 19.8 Å². The van der Waals surface area contributed by atoms with Crippen LogP contribution in [-0.4, -0.2) is 35.9 Å². The van der Waals surface area contributed by atoms with Crippen LogP contribution in [0.2, 0.25) is 0 Å². The van der Waals surface area contributed by atoms with E-state index in [0.717, 1.165) is 37.0 Å². The maximum Gasteiger partial charge on any atom is 0.272 e. The SMILES string of the molecule is O=C(NCC1CCOCC1)c1n[nH]c2ccccc12. The maximum atomic E-state index is 12.1. The van der Waals surface area contributed by atoms with Crippen molar-refractivity contribution in [1.82, 2.24) is 15.5 Å². The number of H-pyrrole nitrogens is 1. The summed E-state index contributed by atoms with van der Waals surface area (Å²) >= 11 is 0. The van der Waals surface area contributed by atoms with E-state index < -0.39 is 0 Å². The van der Waals surface area contributed by atoms with E-state index >= 15 is 0 Å². The molecular formula is C14H17N3O2. The first-order valence-electron chi connectivity index (χ1n) is 6.63. The highest BCUT2D eigenvalue weighted by atomic mass is 16.5. The van der Waals surface area contributed by atoms with Gasteiger partial charge in [0.15, 0.2) is 5.69 Å². The molecule has 1 aromatic carbocycles. The van der Waals surface area contributed by atoms with Gasteiger partial charge >= 0.3 is 0 Å². The van der Waals surface area contributed by atoms with E-state index in [0.29, 0.717) is 18.2 Å². The third kappa shape index (κ3) is 2.61. The largest absolute Gasteiger partial charge is 0.381 e. The predicted molar refractivity (Wildman–Crippen MR) is 72.0 cm³/mol. The summed E-state index contributed by atoms with van der Waals surface area (Å²) in [5.74, 6) is 0.409. The van der Waals surface area contributed by atoms with Crippen LogP contribution in [0, 0.1) is 5.92 Å².